The summed E-state index contributed by atoms with van der Waals surface area (Å²) < 4.78 is 0. The summed E-state index contributed by atoms with van der Waals surface area (Å²) in [5.74, 6) is 0.263. The van der Waals surface area contributed by atoms with Gasteiger partial charge in [-0.15, -0.1) is 11.3 Å². The predicted molar refractivity (Wildman–Crippen MR) is 67.2 cm³/mol. The summed E-state index contributed by atoms with van der Waals surface area (Å²) in [6.07, 6.45) is 2.08. The molecule has 0 saturated heterocycles. The van der Waals surface area contributed by atoms with Crippen LogP contribution in [0, 0.1) is 0 Å². The Hall–Kier alpha value is -1.39. The molecule has 1 unspecified atom stereocenters. The lowest BCUT2D eigenvalue weighted by Gasteiger charge is -2.14. The molecule has 3 rings (SSSR count). The first-order chi connectivity index (χ1) is 8.24. The quantitative estimate of drug-likeness (QED) is 0.813. The number of aromatic nitrogens is 1. The average molecular weight is 247 g/mol. The van der Waals surface area contributed by atoms with Crippen molar-refractivity contribution in [3.8, 4) is 16.3 Å². The Balaban J connectivity index is 2.03. The first kappa shape index (κ1) is 10.7. The van der Waals surface area contributed by atoms with Crippen molar-refractivity contribution in [2.24, 2.45) is 0 Å². The van der Waals surface area contributed by atoms with Crippen molar-refractivity contribution in [3.05, 3.63) is 34.8 Å². The summed E-state index contributed by atoms with van der Waals surface area (Å²) in [5.41, 5.74) is 1.86. The van der Waals surface area contributed by atoms with Crippen LogP contribution in [0.25, 0.3) is 10.6 Å². The largest absolute Gasteiger partial charge is 0.507 e. The van der Waals surface area contributed by atoms with E-state index in [1.165, 1.54) is 0 Å². The van der Waals surface area contributed by atoms with Crippen LogP contribution in [0.1, 0.15) is 17.0 Å². The molecule has 0 saturated carbocycles. The molecule has 0 fully saturated rings. The molecule has 1 aromatic carbocycles. The highest BCUT2D eigenvalue weighted by Gasteiger charge is 2.21. The zero-order valence-electron chi connectivity index (χ0n) is 9.26. The van der Waals surface area contributed by atoms with E-state index < -0.39 is 0 Å². The van der Waals surface area contributed by atoms with Gasteiger partial charge >= 0.3 is 0 Å². The second-order valence-corrected chi connectivity index (χ2v) is 5.39. The molecule has 0 aliphatic heterocycles. The number of hydrogen-bond donors (Lipinski definition) is 2. The zero-order chi connectivity index (χ0) is 11.8. The van der Waals surface area contributed by atoms with Gasteiger partial charge in [-0.3, -0.25) is 0 Å². The lowest BCUT2D eigenvalue weighted by atomic mass is 10.0. The van der Waals surface area contributed by atoms with Gasteiger partial charge in [0, 0.05) is 11.3 Å². The number of fused-ring (bicyclic) bond motifs is 1. The van der Waals surface area contributed by atoms with Crippen molar-refractivity contribution in [1.29, 1.82) is 0 Å². The molecule has 1 aromatic heterocycles. The summed E-state index contributed by atoms with van der Waals surface area (Å²) >= 11 is 1.58. The zero-order valence-corrected chi connectivity index (χ0v) is 10.1. The molecule has 4 heteroatoms. The van der Waals surface area contributed by atoms with E-state index in [2.05, 4.69) is 4.98 Å². The molecule has 2 N–H and O–H groups in total. The number of aryl methyl sites for hydroxylation is 1. The summed E-state index contributed by atoms with van der Waals surface area (Å²) in [4.78, 5) is 5.72. The van der Waals surface area contributed by atoms with Gasteiger partial charge in [-0.2, -0.15) is 0 Å². The van der Waals surface area contributed by atoms with Crippen LogP contribution in [0.2, 0.25) is 0 Å². The highest BCUT2D eigenvalue weighted by molar-refractivity contribution is 7.15. The molecule has 2 aromatic rings. The van der Waals surface area contributed by atoms with Crippen LogP contribution < -0.4 is 0 Å². The van der Waals surface area contributed by atoms with Crippen LogP contribution in [0.5, 0.6) is 5.75 Å². The van der Waals surface area contributed by atoms with E-state index in [1.807, 2.05) is 12.1 Å². The van der Waals surface area contributed by atoms with Crippen molar-refractivity contribution in [3.63, 3.8) is 0 Å². The Kier molecular flexibility index (Phi) is 2.61. The maximum Gasteiger partial charge on any atom is 0.127 e. The first-order valence-corrected chi connectivity index (χ1v) is 6.50. The van der Waals surface area contributed by atoms with Gasteiger partial charge in [0.1, 0.15) is 10.8 Å². The van der Waals surface area contributed by atoms with Gasteiger partial charge in [0.15, 0.2) is 0 Å². The molecule has 0 bridgehead atoms. The van der Waals surface area contributed by atoms with E-state index in [9.17, 15) is 10.2 Å². The number of aromatic hydroxyl groups is 1. The predicted octanol–water partition coefficient (Wildman–Crippen LogP) is 2.37. The second-order valence-electron chi connectivity index (χ2n) is 4.30. The molecular weight excluding hydrogens is 234 g/mol. The molecule has 0 amide bonds. The summed E-state index contributed by atoms with van der Waals surface area (Å²) in [5, 5.41) is 20.3. The van der Waals surface area contributed by atoms with Crippen LogP contribution in [0.4, 0.5) is 0 Å². The Morgan fingerprint density at radius 2 is 2.12 bits per heavy atom. The van der Waals surface area contributed by atoms with E-state index in [1.54, 1.807) is 23.5 Å². The van der Waals surface area contributed by atoms with Gasteiger partial charge in [0.2, 0.25) is 0 Å². The summed E-state index contributed by atoms with van der Waals surface area (Å²) in [6, 6.07) is 7.24. The molecule has 1 heterocycles. The minimum atomic E-state index is -0.236. The van der Waals surface area contributed by atoms with Crippen molar-refractivity contribution < 1.29 is 10.2 Å². The van der Waals surface area contributed by atoms with Crippen LogP contribution in [0.3, 0.4) is 0 Å². The Morgan fingerprint density at radius 3 is 2.94 bits per heavy atom. The van der Waals surface area contributed by atoms with E-state index >= 15 is 0 Å². The topological polar surface area (TPSA) is 53.4 Å². The normalized spacial score (nSPS) is 19.0. The van der Waals surface area contributed by atoms with E-state index in [0.717, 1.165) is 34.0 Å². The Labute approximate surface area is 103 Å². The number of para-hydroxylation sites is 1. The Bertz CT molecular complexity index is 550. The third-order valence-electron chi connectivity index (χ3n) is 3.05. The first-order valence-electron chi connectivity index (χ1n) is 5.69. The number of hydrogen-bond acceptors (Lipinski definition) is 4. The highest BCUT2D eigenvalue weighted by Crippen LogP contribution is 2.36. The number of nitrogens with zero attached hydrogens (tertiary/aromatic N) is 1. The molecule has 0 spiro atoms. The van der Waals surface area contributed by atoms with Crippen LogP contribution in [-0.4, -0.2) is 21.3 Å². The number of phenols is 1. The van der Waals surface area contributed by atoms with Crippen molar-refractivity contribution in [2.75, 3.05) is 0 Å². The molecule has 3 nitrogen and oxygen atoms in total. The lowest BCUT2D eigenvalue weighted by Crippen LogP contribution is -2.17. The molecule has 1 aliphatic rings. The molecule has 1 aliphatic carbocycles. The second kappa shape index (κ2) is 4.13. The van der Waals surface area contributed by atoms with Gasteiger partial charge in [-0.1, -0.05) is 12.1 Å². The van der Waals surface area contributed by atoms with Crippen molar-refractivity contribution in [1.82, 2.24) is 4.98 Å². The standard InChI is InChI=1S/C13H13NO2S/c15-8-5-6-10-12(7-8)17-13(14-10)9-3-1-2-4-11(9)16/h1-4,8,15-16H,5-7H2. The fourth-order valence-electron chi connectivity index (χ4n) is 2.13. The number of aliphatic hydroxyl groups excluding tert-OH is 1. The Morgan fingerprint density at radius 1 is 1.29 bits per heavy atom. The van der Waals surface area contributed by atoms with Crippen LogP contribution >= 0.6 is 11.3 Å². The van der Waals surface area contributed by atoms with Crippen molar-refractivity contribution >= 4 is 11.3 Å². The highest BCUT2D eigenvalue weighted by atomic mass is 32.1. The molecular formula is C13H13NO2S. The maximum atomic E-state index is 9.79. The fraction of sp³-hybridized carbons (Fsp3) is 0.308. The number of rotatable bonds is 1. The molecule has 88 valence electrons. The van der Waals surface area contributed by atoms with Crippen LogP contribution in [-0.2, 0) is 12.8 Å². The van der Waals surface area contributed by atoms with Gasteiger partial charge in [-0.05, 0) is 25.0 Å². The number of thiazole rings is 1. The summed E-state index contributed by atoms with van der Waals surface area (Å²) in [7, 11) is 0. The van der Waals surface area contributed by atoms with E-state index in [0.29, 0.717) is 6.42 Å². The van der Waals surface area contributed by atoms with E-state index in [4.69, 9.17) is 0 Å². The smallest absolute Gasteiger partial charge is 0.127 e. The van der Waals surface area contributed by atoms with Gasteiger partial charge < -0.3 is 10.2 Å². The minimum Gasteiger partial charge on any atom is -0.507 e. The molecule has 1 atom stereocenters. The fourth-order valence-corrected chi connectivity index (χ4v) is 3.34. The molecule has 17 heavy (non-hydrogen) atoms. The number of benzene rings is 1. The monoisotopic (exact) mass is 247 g/mol. The third kappa shape index (κ3) is 1.94. The summed E-state index contributed by atoms with van der Waals surface area (Å²) in [6.45, 7) is 0. The third-order valence-corrected chi connectivity index (χ3v) is 4.20. The van der Waals surface area contributed by atoms with Crippen molar-refractivity contribution in [2.45, 2.75) is 25.4 Å². The lowest BCUT2D eigenvalue weighted by molar-refractivity contribution is 0.159. The van der Waals surface area contributed by atoms with Gasteiger partial charge in [0.25, 0.3) is 0 Å². The van der Waals surface area contributed by atoms with Gasteiger partial charge in [0.05, 0.1) is 17.4 Å². The SMILES string of the molecule is Oc1ccccc1-c1nc2c(s1)CC(O)CC2. The van der Waals surface area contributed by atoms with Gasteiger partial charge in [-0.25, -0.2) is 4.98 Å². The minimum absolute atomic E-state index is 0.236. The van der Waals surface area contributed by atoms with Crippen LogP contribution in [0.15, 0.2) is 24.3 Å². The average Bonchev–Trinajstić information content (AvgIpc) is 2.72. The number of phenolic OH excluding ortho intramolecular Hbond substituents is 1. The van der Waals surface area contributed by atoms with E-state index in [-0.39, 0.29) is 11.9 Å². The maximum absolute atomic E-state index is 9.79. The molecule has 0 radical (unpaired) electrons. The number of aliphatic hydroxyl groups is 1.